The van der Waals surface area contributed by atoms with Gasteiger partial charge in [-0.1, -0.05) is 23.7 Å². The fourth-order valence-corrected chi connectivity index (χ4v) is 2.71. The zero-order chi connectivity index (χ0) is 14.0. The van der Waals surface area contributed by atoms with E-state index in [1.807, 2.05) is 18.7 Å². The van der Waals surface area contributed by atoms with Crippen molar-refractivity contribution in [1.29, 1.82) is 0 Å². The molecule has 1 aromatic rings. The molecule has 1 heterocycles. The smallest absolute Gasteiger partial charge is 0.325 e. The maximum Gasteiger partial charge on any atom is 0.325 e. The van der Waals surface area contributed by atoms with Gasteiger partial charge in [-0.2, -0.15) is 0 Å². The van der Waals surface area contributed by atoms with Gasteiger partial charge >= 0.3 is 5.97 Å². The molecule has 0 spiro atoms. The van der Waals surface area contributed by atoms with Gasteiger partial charge in [-0.05, 0) is 31.5 Å². The highest BCUT2D eigenvalue weighted by Crippen LogP contribution is 2.26. The number of ether oxygens (including phenoxy) is 1. The maximum absolute atomic E-state index is 11.6. The van der Waals surface area contributed by atoms with E-state index in [0.29, 0.717) is 18.1 Å². The molecule has 3 atom stereocenters. The van der Waals surface area contributed by atoms with Crippen molar-refractivity contribution < 1.29 is 14.6 Å². The molecule has 1 fully saturated rings. The van der Waals surface area contributed by atoms with E-state index < -0.39 is 12.0 Å². The number of morpholine rings is 1. The standard InChI is InChI=1S/C14H18ClNO3/c1-9-7-16(8-10(2)19-9)13(14(17)18)11-3-5-12(15)6-4-11/h3-6,9-10,13H,7-8H2,1-2H3,(H,17,18). The number of benzene rings is 1. The summed E-state index contributed by atoms with van der Waals surface area (Å²) in [5.41, 5.74) is 0.748. The summed E-state index contributed by atoms with van der Waals surface area (Å²) in [5, 5.41) is 10.1. The number of carboxylic acids is 1. The zero-order valence-corrected chi connectivity index (χ0v) is 11.8. The summed E-state index contributed by atoms with van der Waals surface area (Å²) in [7, 11) is 0. The summed E-state index contributed by atoms with van der Waals surface area (Å²) < 4.78 is 5.65. The molecule has 1 N–H and O–H groups in total. The van der Waals surface area contributed by atoms with E-state index in [2.05, 4.69) is 0 Å². The second-order valence-corrected chi connectivity index (χ2v) is 5.44. The first-order valence-electron chi connectivity index (χ1n) is 6.35. The third-order valence-electron chi connectivity index (χ3n) is 3.23. The summed E-state index contributed by atoms with van der Waals surface area (Å²) in [5.74, 6) is -0.844. The molecule has 104 valence electrons. The highest BCUT2D eigenvalue weighted by atomic mass is 35.5. The van der Waals surface area contributed by atoms with E-state index in [1.165, 1.54) is 0 Å². The lowest BCUT2D eigenvalue weighted by molar-refractivity contribution is -0.149. The predicted octanol–water partition coefficient (Wildman–Crippen LogP) is 2.57. The number of hydrogen-bond donors (Lipinski definition) is 1. The minimum absolute atomic E-state index is 0.0397. The fraction of sp³-hybridized carbons (Fsp3) is 0.500. The van der Waals surface area contributed by atoms with Crippen LogP contribution in [-0.4, -0.2) is 41.3 Å². The van der Waals surface area contributed by atoms with E-state index in [4.69, 9.17) is 16.3 Å². The molecule has 4 nitrogen and oxygen atoms in total. The molecule has 0 radical (unpaired) electrons. The average molecular weight is 284 g/mol. The Morgan fingerprint density at radius 3 is 2.32 bits per heavy atom. The van der Waals surface area contributed by atoms with Gasteiger partial charge in [0.15, 0.2) is 0 Å². The number of carboxylic acid groups (broad SMARTS) is 1. The van der Waals surface area contributed by atoms with Crippen LogP contribution in [0, 0.1) is 0 Å². The minimum atomic E-state index is -0.844. The molecule has 0 aromatic heterocycles. The number of halogens is 1. The van der Waals surface area contributed by atoms with Crippen molar-refractivity contribution in [2.24, 2.45) is 0 Å². The molecular weight excluding hydrogens is 266 g/mol. The number of hydrogen-bond acceptors (Lipinski definition) is 3. The first kappa shape index (κ1) is 14.3. The van der Waals surface area contributed by atoms with Crippen LogP contribution in [0.2, 0.25) is 5.02 Å². The molecule has 1 aliphatic rings. The zero-order valence-electron chi connectivity index (χ0n) is 11.0. The predicted molar refractivity (Wildman–Crippen MR) is 73.4 cm³/mol. The van der Waals surface area contributed by atoms with Crippen LogP contribution in [0.3, 0.4) is 0 Å². The fourth-order valence-electron chi connectivity index (χ4n) is 2.58. The van der Waals surface area contributed by atoms with Gasteiger partial charge in [-0.3, -0.25) is 9.69 Å². The summed E-state index contributed by atoms with van der Waals surface area (Å²) in [6.45, 7) is 5.15. The third kappa shape index (κ3) is 3.47. The maximum atomic E-state index is 11.6. The van der Waals surface area contributed by atoms with Gasteiger partial charge in [0.25, 0.3) is 0 Å². The minimum Gasteiger partial charge on any atom is -0.480 e. The monoisotopic (exact) mass is 283 g/mol. The largest absolute Gasteiger partial charge is 0.480 e. The summed E-state index contributed by atoms with van der Waals surface area (Å²) >= 11 is 5.85. The Bertz CT molecular complexity index is 439. The molecule has 5 heteroatoms. The quantitative estimate of drug-likeness (QED) is 0.926. The van der Waals surface area contributed by atoms with Gasteiger partial charge in [0.2, 0.25) is 0 Å². The Morgan fingerprint density at radius 1 is 1.32 bits per heavy atom. The summed E-state index contributed by atoms with van der Waals surface area (Å²) in [6.07, 6.45) is 0.0794. The molecule has 3 unspecified atom stereocenters. The topological polar surface area (TPSA) is 49.8 Å². The molecule has 0 saturated carbocycles. The molecule has 0 aliphatic carbocycles. The van der Waals surface area contributed by atoms with Gasteiger partial charge in [0.05, 0.1) is 12.2 Å². The Labute approximate surface area is 117 Å². The lowest BCUT2D eigenvalue weighted by Crippen LogP contribution is -2.48. The van der Waals surface area contributed by atoms with E-state index >= 15 is 0 Å². The lowest BCUT2D eigenvalue weighted by Gasteiger charge is -2.38. The molecule has 1 aliphatic heterocycles. The summed E-state index contributed by atoms with van der Waals surface area (Å²) in [6, 6.07) is 6.34. The number of rotatable bonds is 3. The summed E-state index contributed by atoms with van der Waals surface area (Å²) in [4.78, 5) is 13.5. The van der Waals surface area contributed by atoms with Crippen molar-refractivity contribution in [2.75, 3.05) is 13.1 Å². The van der Waals surface area contributed by atoms with Crippen LogP contribution in [0.15, 0.2) is 24.3 Å². The molecule has 1 saturated heterocycles. The van der Waals surface area contributed by atoms with E-state index in [1.54, 1.807) is 24.3 Å². The van der Waals surface area contributed by atoms with Crippen LogP contribution in [-0.2, 0) is 9.53 Å². The normalized spacial score (nSPS) is 26.1. The lowest BCUT2D eigenvalue weighted by atomic mass is 10.0. The van der Waals surface area contributed by atoms with Crippen molar-refractivity contribution in [3.05, 3.63) is 34.9 Å². The van der Waals surface area contributed by atoms with Gasteiger partial charge in [-0.15, -0.1) is 0 Å². The van der Waals surface area contributed by atoms with Gasteiger partial charge in [-0.25, -0.2) is 0 Å². The van der Waals surface area contributed by atoms with Crippen molar-refractivity contribution in [1.82, 2.24) is 4.90 Å². The van der Waals surface area contributed by atoms with Crippen molar-refractivity contribution in [3.63, 3.8) is 0 Å². The Kier molecular flexibility index (Phi) is 4.45. The van der Waals surface area contributed by atoms with Crippen LogP contribution in [0.25, 0.3) is 0 Å². The average Bonchev–Trinajstić information content (AvgIpc) is 2.30. The third-order valence-corrected chi connectivity index (χ3v) is 3.48. The van der Waals surface area contributed by atoms with Crippen LogP contribution >= 0.6 is 11.6 Å². The SMILES string of the molecule is CC1CN(C(C(=O)O)c2ccc(Cl)cc2)CC(C)O1. The first-order chi connectivity index (χ1) is 8.97. The van der Waals surface area contributed by atoms with Crippen LogP contribution in [0.4, 0.5) is 0 Å². The Balaban J connectivity index is 2.24. The van der Waals surface area contributed by atoms with Crippen molar-refractivity contribution in [2.45, 2.75) is 32.1 Å². The van der Waals surface area contributed by atoms with Gasteiger partial charge in [0, 0.05) is 18.1 Å². The van der Waals surface area contributed by atoms with E-state index in [-0.39, 0.29) is 12.2 Å². The number of aliphatic carboxylic acids is 1. The van der Waals surface area contributed by atoms with E-state index in [0.717, 1.165) is 5.56 Å². The van der Waals surface area contributed by atoms with Crippen LogP contribution in [0.5, 0.6) is 0 Å². The molecular formula is C14H18ClNO3. The second kappa shape index (κ2) is 5.90. The van der Waals surface area contributed by atoms with Crippen molar-refractivity contribution >= 4 is 17.6 Å². The van der Waals surface area contributed by atoms with Crippen LogP contribution < -0.4 is 0 Å². The van der Waals surface area contributed by atoms with Crippen molar-refractivity contribution in [3.8, 4) is 0 Å². The van der Waals surface area contributed by atoms with Gasteiger partial charge < -0.3 is 9.84 Å². The molecule has 19 heavy (non-hydrogen) atoms. The Hall–Kier alpha value is -1.10. The molecule has 0 bridgehead atoms. The van der Waals surface area contributed by atoms with E-state index in [9.17, 15) is 9.90 Å². The first-order valence-corrected chi connectivity index (χ1v) is 6.73. The number of carbonyl (C=O) groups is 1. The highest BCUT2D eigenvalue weighted by molar-refractivity contribution is 6.30. The second-order valence-electron chi connectivity index (χ2n) is 5.00. The van der Waals surface area contributed by atoms with Gasteiger partial charge in [0.1, 0.15) is 6.04 Å². The molecule has 2 rings (SSSR count). The Morgan fingerprint density at radius 2 is 1.84 bits per heavy atom. The molecule has 0 amide bonds. The highest BCUT2D eigenvalue weighted by Gasteiger charge is 2.33. The van der Waals surface area contributed by atoms with Crippen LogP contribution in [0.1, 0.15) is 25.5 Å². The number of nitrogens with zero attached hydrogens (tertiary/aromatic N) is 1. The molecule has 1 aromatic carbocycles.